The zero-order valence-corrected chi connectivity index (χ0v) is 15.0. The van der Waals surface area contributed by atoms with E-state index >= 15 is 0 Å². The molecule has 1 aromatic carbocycles. The second-order valence-electron chi connectivity index (χ2n) is 5.94. The Morgan fingerprint density at radius 1 is 1.20 bits per heavy atom. The minimum absolute atomic E-state index is 0.195. The first-order valence-corrected chi connectivity index (χ1v) is 8.39. The van der Waals surface area contributed by atoms with E-state index in [9.17, 15) is 4.79 Å². The number of hydrogen-bond donors (Lipinski definition) is 0. The zero-order valence-electron chi connectivity index (χ0n) is 13.5. The van der Waals surface area contributed by atoms with Gasteiger partial charge in [0.2, 0.25) is 11.3 Å². The average molecular weight is 374 g/mol. The number of aromatic nitrogens is 3. The molecule has 0 bridgehead atoms. The lowest BCUT2D eigenvalue weighted by atomic mass is 10.2. The Hall–Kier alpha value is -2.37. The predicted octanol–water partition coefficient (Wildman–Crippen LogP) is 4.51. The van der Waals surface area contributed by atoms with E-state index in [2.05, 4.69) is 9.97 Å². The van der Waals surface area contributed by atoms with Crippen molar-refractivity contribution in [1.82, 2.24) is 14.5 Å². The van der Waals surface area contributed by atoms with Crippen molar-refractivity contribution in [3.8, 4) is 0 Å². The zero-order chi connectivity index (χ0) is 17.7. The van der Waals surface area contributed by atoms with E-state index in [-0.39, 0.29) is 17.7 Å². The fourth-order valence-corrected chi connectivity index (χ4v) is 3.20. The van der Waals surface area contributed by atoms with Crippen LogP contribution in [0.25, 0.3) is 22.2 Å². The van der Waals surface area contributed by atoms with Gasteiger partial charge in [0.25, 0.3) is 5.56 Å². The van der Waals surface area contributed by atoms with Gasteiger partial charge in [-0.05, 0) is 43.2 Å². The van der Waals surface area contributed by atoms with E-state index < -0.39 is 0 Å². The number of nitrogens with zero attached hydrogens (tertiary/aromatic N) is 3. The van der Waals surface area contributed by atoms with Gasteiger partial charge in [-0.15, -0.1) is 0 Å². The fourth-order valence-electron chi connectivity index (χ4n) is 2.73. The Bertz CT molecular complexity index is 1190. The van der Waals surface area contributed by atoms with E-state index in [0.29, 0.717) is 21.3 Å². The summed E-state index contributed by atoms with van der Waals surface area (Å²) in [4.78, 5) is 21.6. The molecule has 0 N–H and O–H groups in total. The second kappa shape index (κ2) is 5.86. The van der Waals surface area contributed by atoms with Crippen molar-refractivity contribution in [2.45, 2.75) is 20.4 Å². The van der Waals surface area contributed by atoms with Gasteiger partial charge in [0, 0.05) is 15.7 Å². The molecule has 7 heteroatoms. The number of fused-ring (bicyclic) bond motifs is 3. The topological polar surface area (TPSA) is 60.9 Å². The minimum Gasteiger partial charge on any atom is -0.430 e. The lowest BCUT2D eigenvalue weighted by Crippen LogP contribution is -2.20. The number of aryl methyl sites for hydroxylation is 2. The molecule has 4 aromatic rings. The summed E-state index contributed by atoms with van der Waals surface area (Å²) in [6, 6.07) is 7.10. The van der Waals surface area contributed by atoms with Crippen molar-refractivity contribution in [2.24, 2.45) is 0 Å². The molecule has 126 valence electrons. The molecule has 0 aliphatic rings. The second-order valence-corrected chi connectivity index (χ2v) is 6.78. The molecule has 5 nitrogen and oxygen atoms in total. The first kappa shape index (κ1) is 16.1. The minimum atomic E-state index is -0.274. The normalized spacial score (nSPS) is 11.5. The molecule has 0 atom stereocenters. The first-order chi connectivity index (χ1) is 11.9. The van der Waals surface area contributed by atoms with Crippen LogP contribution in [0, 0.1) is 13.8 Å². The van der Waals surface area contributed by atoms with Gasteiger partial charge in [-0.1, -0.05) is 29.3 Å². The summed E-state index contributed by atoms with van der Waals surface area (Å²) in [5, 5.41) is 1.78. The van der Waals surface area contributed by atoms with Gasteiger partial charge in [0.1, 0.15) is 5.52 Å². The summed E-state index contributed by atoms with van der Waals surface area (Å²) in [6.45, 7) is 4.14. The average Bonchev–Trinajstić information content (AvgIpc) is 2.91. The van der Waals surface area contributed by atoms with Crippen LogP contribution in [0.5, 0.6) is 0 Å². The number of furan rings is 1. The van der Waals surface area contributed by atoms with Crippen LogP contribution in [0.1, 0.15) is 16.8 Å². The maximum atomic E-state index is 12.8. The van der Waals surface area contributed by atoms with Crippen LogP contribution in [0.4, 0.5) is 0 Å². The third kappa shape index (κ3) is 2.69. The van der Waals surface area contributed by atoms with Crippen LogP contribution < -0.4 is 5.56 Å². The van der Waals surface area contributed by atoms with Crippen LogP contribution in [0.2, 0.25) is 10.0 Å². The van der Waals surface area contributed by atoms with Crippen LogP contribution in [-0.2, 0) is 6.54 Å². The molecule has 3 heterocycles. The van der Waals surface area contributed by atoms with Crippen molar-refractivity contribution >= 4 is 45.4 Å². The molecule has 0 saturated heterocycles. The number of benzene rings is 1. The molecule has 0 spiro atoms. The number of rotatable bonds is 2. The Balaban J connectivity index is 1.88. The third-order valence-corrected chi connectivity index (χ3v) is 4.82. The molecule has 0 saturated carbocycles. The van der Waals surface area contributed by atoms with Gasteiger partial charge >= 0.3 is 0 Å². The van der Waals surface area contributed by atoms with E-state index in [0.717, 1.165) is 22.2 Å². The summed E-state index contributed by atoms with van der Waals surface area (Å²) >= 11 is 12.1. The van der Waals surface area contributed by atoms with Crippen molar-refractivity contribution in [2.75, 3.05) is 0 Å². The number of halogens is 2. The van der Waals surface area contributed by atoms with Crippen molar-refractivity contribution in [3.05, 3.63) is 67.8 Å². The molecule has 0 fully saturated rings. The summed E-state index contributed by atoms with van der Waals surface area (Å²) in [6.07, 6.45) is 1.50. The van der Waals surface area contributed by atoms with Crippen molar-refractivity contribution in [1.29, 1.82) is 0 Å². The van der Waals surface area contributed by atoms with Gasteiger partial charge < -0.3 is 4.42 Å². The summed E-state index contributed by atoms with van der Waals surface area (Å²) < 4.78 is 7.14. The molecule has 0 amide bonds. The van der Waals surface area contributed by atoms with Crippen LogP contribution in [-0.4, -0.2) is 14.5 Å². The summed E-state index contributed by atoms with van der Waals surface area (Å²) in [5.41, 5.74) is 3.52. The highest BCUT2D eigenvalue weighted by Gasteiger charge is 2.16. The Morgan fingerprint density at radius 3 is 2.76 bits per heavy atom. The lowest BCUT2D eigenvalue weighted by molar-refractivity contribution is 0.630. The molecule has 25 heavy (non-hydrogen) atoms. The Morgan fingerprint density at radius 2 is 2.00 bits per heavy atom. The molecular weight excluding hydrogens is 361 g/mol. The largest absolute Gasteiger partial charge is 0.430 e. The van der Waals surface area contributed by atoms with Gasteiger partial charge in [0.15, 0.2) is 0 Å². The highest BCUT2D eigenvalue weighted by Crippen LogP contribution is 2.26. The van der Waals surface area contributed by atoms with Crippen molar-refractivity contribution in [3.63, 3.8) is 0 Å². The van der Waals surface area contributed by atoms with E-state index in [1.165, 1.54) is 10.9 Å². The molecule has 0 aliphatic carbocycles. The standard InChI is InChI=1S/C18H13Cl2N3O2/c1-9-5-13-15-16(25-17(13)22-10(9)2)18(24)23(8-21-15)7-11-3-4-12(19)6-14(11)20/h3-6,8H,7H2,1-2H3. The maximum Gasteiger partial charge on any atom is 0.297 e. The molecule has 4 rings (SSSR count). The maximum absolute atomic E-state index is 12.8. The fraction of sp³-hybridized carbons (Fsp3) is 0.167. The predicted molar refractivity (Wildman–Crippen MR) is 98.6 cm³/mol. The number of hydrogen-bond acceptors (Lipinski definition) is 4. The van der Waals surface area contributed by atoms with Gasteiger partial charge in [-0.25, -0.2) is 9.97 Å². The quantitative estimate of drug-likeness (QED) is 0.518. The molecule has 0 unspecified atom stereocenters. The van der Waals surface area contributed by atoms with Crippen molar-refractivity contribution < 1.29 is 4.42 Å². The Labute approximate surface area is 152 Å². The summed E-state index contributed by atoms with van der Waals surface area (Å²) in [5.74, 6) is 0. The van der Waals surface area contributed by atoms with Crippen LogP contribution >= 0.6 is 23.2 Å². The Kier molecular flexibility index (Phi) is 3.78. The smallest absolute Gasteiger partial charge is 0.297 e. The summed E-state index contributed by atoms with van der Waals surface area (Å²) in [7, 11) is 0. The molecule has 0 aliphatic heterocycles. The molecule has 0 radical (unpaired) electrons. The lowest BCUT2D eigenvalue weighted by Gasteiger charge is -2.07. The highest BCUT2D eigenvalue weighted by molar-refractivity contribution is 6.35. The van der Waals surface area contributed by atoms with E-state index in [1.54, 1.807) is 18.2 Å². The SMILES string of the molecule is Cc1cc2c(nc1C)oc1c(=O)n(Cc3ccc(Cl)cc3Cl)cnc12. The van der Waals surface area contributed by atoms with Crippen LogP contribution in [0.3, 0.4) is 0 Å². The first-order valence-electron chi connectivity index (χ1n) is 7.64. The van der Waals surface area contributed by atoms with Gasteiger partial charge in [-0.2, -0.15) is 0 Å². The van der Waals surface area contributed by atoms with Gasteiger partial charge in [-0.3, -0.25) is 9.36 Å². The molecule has 3 aromatic heterocycles. The highest BCUT2D eigenvalue weighted by atomic mass is 35.5. The van der Waals surface area contributed by atoms with Crippen LogP contribution in [0.15, 0.2) is 39.8 Å². The monoisotopic (exact) mass is 373 g/mol. The van der Waals surface area contributed by atoms with E-state index in [4.69, 9.17) is 27.6 Å². The molecular formula is C18H13Cl2N3O2. The third-order valence-electron chi connectivity index (χ3n) is 4.24. The van der Waals surface area contributed by atoms with Gasteiger partial charge in [0.05, 0.1) is 18.3 Å². The number of pyridine rings is 1. The van der Waals surface area contributed by atoms with E-state index in [1.807, 2.05) is 19.9 Å².